The normalized spacial score (nSPS) is 21.1. The second kappa shape index (κ2) is 8.86. The zero-order valence-corrected chi connectivity index (χ0v) is 17.3. The van der Waals surface area contributed by atoms with Crippen molar-refractivity contribution in [3.05, 3.63) is 18.2 Å². The predicted octanol–water partition coefficient (Wildman–Crippen LogP) is 0.712. The van der Waals surface area contributed by atoms with E-state index in [-0.39, 0.29) is 29.1 Å². The molecule has 0 aromatic heterocycles. The van der Waals surface area contributed by atoms with Crippen LogP contribution in [0.4, 0.5) is 0 Å². The number of nitrogens with one attached hydrogen (secondary N) is 1. The van der Waals surface area contributed by atoms with Gasteiger partial charge in [0, 0.05) is 51.3 Å². The Balaban J connectivity index is 0.00000225. The largest absolute Gasteiger partial charge is 0.486 e. The maximum Gasteiger partial charge on any atom is 0.243 e. The van der Waals surface area contributed by atoms with E-state index in [0.29, 0.717) is 50.6 Å². The molecule has 1 N–H and O–H groups in total. The first kappa shape index (κ1) is 21.2. The highest BCUT2D eigenvalue weighted by Gasteiger charge is 2.34. The van der Waals surface area contributed by atoms with Gasteiger partial charge >= 0.3 is 0 Å². The Bertz CT molecular complexity index is 805. The molecule has 28 heavy (non-hydrogen) atoms. The zero-order valence-electron chi connectivity index (χ0n) is 15.6. The SMILES string of the molecule is Cl.O=C(C1CCN(S(=O)(=O)c2ccc3c(c2)OCCO3)CC1)N1CCNCC1. The van der Waals surface area contributed by atoms with Crippen LogP contribution in [-0.4, -0.2) is 76.0 Å². The number of hydrogen-bond acceptors (Lipinski definition) is 6. The van der Waals surface area contributed by atoms with Crippen molar-refractivity contribution in [2.24, 2.45) is 5.92 Å². The smallest absolute Gasteiger partial charge is 0.243 e. The van der Waals surface area contributed by atoms with E-state index in [0.717, 1.165) is 26.2 Å². The highest BCUT2D eigenvalue weighted by molar-refractivity contribution is 7.89. The summed E-state index contributed by atoms with van der Waals surface area (Å²) in [4.78, 5) is 14.7. The quantitative estimate of drug-likeness (QED) is 0.758. The maximum atomic E-state index is 13.0. The Morgan fingerprint density at radius 1 is 1.00 bits per heavy atom. The third kappa shape index (κ3) is 4.22. The average molecular weight is 432 g/mol. The van der Waals surface area contributed by atoms with E-state index in [9.17, 15) is 13.2 Å². The average Bonchev–Trinajstić information content (AvgIpc) is 2.73. The second-order valence-electron chi connectivity index (χ2n) is 7.06. The maximum absolute atomic E-state index is 13.0. The molecule has 0 saturated carbocycles. The van der Waals surface area contributed by atoms with Crippen LogP contribution >= 0.6 is 12.4 Å². The van der Waals surface area contributed by atoms with E-state index in [1.54, 1.807) is 12.1 Å². The van der Waals surface area contributed by atoms with Gasteiger partial charge in [0.1, 0.15) is 13.2 Å². The summed E-state index contributed by atoms with van der Waals surface area (Å²) >= 11 is 0. The van der Waals surface area contributed by atoms with E-state index in [2.05, 4.69) is 5.32 Å². The second-order valence-corrected chi connectivity index (χ2v) is 9.00. The number of rotatable bonds is 3. The molecule has 3 aliphatic rings. The summed E-state index contributed by atoms with van der Waals surface area (Å²) in [6, 6.07) is 4.73. The lowest BCUT2D eigenvalue weighted by Gasteiger charge is -2.35. The van der Waals surface area contributed by atoms with Crippen molar-refractivity contribution in [3.8, 4) is 11.5 Å². The highest BCUT2D eigenvalue weighted by Crippen LogP contribution is 2.34. The fraction of sp³-hybridized carbons (Fsp3) is 0.611. The molecule has 3 aliphatic heterocycles. The number of hydrogen-bond donors (Lipinski definition) is 1. The molecule has 0 aliphatic carbocycles. The molecule has 0 spiro atoms. The topological polar surface area (TPSA) is 88.2 Å². The van der Waals surface area contributed by atoms with E-state index in [4.69, 9.17) is 9.47 Å². The predicted molar refractivity (Wildman–Crippen MR) is 106 cm³/mol. The van der Waals surface area contributed by atoms with Gasteiger partial charge in [-0.1, -0.05) is 0 Å². The Hall–Kier alpha value is -1.55. The van der Waals surface area contributed by atoms with Crippen LogP contribution in [0.5, 0.6) is 11.5 Å². The number of carbonyl (C=O) groups excluding carboxylic acids is 1. The lowest BCUT2D eigenvalue weighted by molar-refractivity contribution is -0.137. The first-order valence-corrected chi connectivity index (χ1v) is 10.9. The number of piperazine rings is 1. The summed E-state index contributed by atoms with van der Waals surface area (Å²) in [5.41, 5.74) is 0. The standard InChI is InChI=1S/C18H25N3O5S.ClH/c22-18(20-9-5-19-6-10-20)14-3-7-21(8-4-14)27(23,24)15-1-2-16-17(13-15)26-12-11-25-16;/h1-2,13-14,19H,3-12H2;1H. The van der Waals surface area contributed by atoms with Crippen molar-refractivity contribution in [3.63, 3.8) is 0 Å². The molecule has 0 radical (unpaired) electrons. The van der Waals surface area contributed by atoms with E-state index in [1.165, 1.54) is 10.4 Å². The van der Waals surface area contributed by atoms with Crippen molar-refractivity contribution < 1.29 is 22.7 Å². The Morgan fingerprint density at radius 2 is 1.64 bits per heavy atom. The number of fused-ring (bicyclic) bond motifs is 1. The summed E-state index contributed by atoms with van der Waals surface area (Å²) in [5.74, 6) is 1.11. The molecular weight excluding hydrogens is 406 g/mol. The lowest BCUT2D eigenvalue weighted by Crippen LogP contribution is -2.50. The van der Waals surface area contributed by atoms with E-state index < -0.39 is 10.0 Å². The minimum atomic E-state index is -3.61. The number of ether oxygens (including phenoxy) is 2. The first-order chi connectivity index (χ1) is 13.1. The van der Waals surface area contributed by atoms with E-state index in [1.807, 2.05) is 4.90 Å². The van der Waals surface area contributed by atoms with Crippen LogP contribution in [0.15, 0.2) is 23.1 Å². The fourth-order valence-corrected chi connectivity index (χ4v) is 5.31. The van der Waals surface area contributed by atoms with Gasteiger partial charge in [-0.25, -0.2) is 8.42 Å². The summed E-state index contributed by atoms with van der Waals surface area (Å²) in [7, 11) is -3.61. The molecule has 2 saturated heterocycles. The monoisotopic (exact) mass is 431 g/mol. The third-order valence-corrected chi connectivity index (χ3v) is 7.28. The Morgan fingerprint density at radius 3 is 2.32 bits per heavy atom. The van der Waals surface area contributed by atoms with Crippen LogP contribution in [-0.2, 0) is 14.8 Å². The number of carbonyl (C=O) groups is 1. The minimum Gasteiger partial charge on any atom is -0.486 e. The highest BCUT2D eigenvalue weighted by atomic mass is 35.5. The molecule has 10 heteroatoms. The lowest BCUT2D eigenvalue weighted by atomic mass is 9.96. The van der Waals surface area contributed by atoms with Gasteiger partial charge in [-0.2, -0.15) is 4.31 Å². The van der Waals surface area contributed by atoms with E-state index >= 15 is 0 Å². The fourth-order valence-electron chi connectivity index (χ4n) is 3.82. The van der Waals surface area contributed by atoms with Crippen molar-refractivity contribution >= 4 is 28.3 Å². The number of amides is 1. The molecule has 2 fully saturated rings. The van der Waals surface area contributed by atoms with Gasteiger partial charge in [0.2, 0.25) is 15.9 Å². The van der Waals surface area contributed by atoms with Gasteiger partial charge in [0.15, 0.2) is 11.5 Å². The molecule has 8 nitrogen and oxygen atoms in total. The van der Waals surface area contributed by atoms with Gasteiger partial charge < -0.3 is 19.7 Å². The van der Waals surface area contributed by atoms with Crippen molar-refractivity contribution in [1.29, 1.82) is 0 Å². The van der Waals surface area contributed by atoms with Gasteiger partial charge in [-0.3, -0.25) is 4.79 Å². The molecule has 1 aromatic rings. The Kier molecular flexibility index (Phi) is 6.69. The summed E-state index contributed by atoms with van der Waals surface area (Å²) in [5, 5.41) is 3.24. The number of nitrogens with zero attached hydrogens (tertiary/aromatic N) is 2. The Labute approximate surface area is 171 Å². The van der Waals surface area contributed by atoms with Crippen LogP contribution in [0, 0.1) is 5.92 Å². The van der Waals surface area contributed by atoms with Crippen molar-refractivity contribution in [2.45, 2.75) is 17.7 Å². The number of halogens is 1. The van der Waals surface area contributed by atoms with Crippen LogP contribution < -0.4 is 14.8 Å². The number of sulfonamides is 1. The third-order valence-electron chi connectivity index (χ3n) is 5.38. The van der Waals surface area contributed by atoms with Gasteiger partial charge in [0.05, 0.1) is 4.90 Å². The van der Waals surface area contributed by atoms with Gasteiger partial charge in [0.25, 0.3) is 0 Å². The summed E-state index contributed by atoms with van der Waals surface area (Å²) < 4.78 is 38.4. The zero-order chi connectivity index (χ0) is 18.9. The summed E-state index contributed by atoms with van der Waals surface area (Å²) in [6.07, 6.45) is 1.12. The molecule has 4 rings (SSSR count). The van der Waals surface area contributed by atoms with Crippen LogP contribution in [0.1, 0.15) is 12.8 Å². The van der Waals surface area contributed by atoms with Crippen LogP contribution in [0.25, 0.3) is 0 Å². The van der Waals surface area contributed by atoms with Crippen LogP contribution in [0.3, 0.4) is 0 Å². The van der Waals surface area contributed by atoms with Gasteiger partial charge in [-0.05, 0) is 25.0 Å². The molecule has 3 heterocycles. The molecule has 156 valence electrons. The molecule has 1 amide bonds. The van der Waals surface area contributed by atoms with Crippen LogP contribution in [0.2, 0.25) is 0 Å². The minimum absolute atomic E-state index is 0. The molecular formula is C18H26ClN3O5S. The molecule has 0 unspecified atom stereocenters. The number of benzene rings is 1. The molecule has 0 bridgehead atoms. The van der Waals surface area contributed by atoms with Crippen molar-refractivity contribution in [2.75, 3.05) is 52.5 Å². The molecule has 1 aromatic carbocycles. The summed E-state index contributed by atoms with van der Waals surface area (Å²) in [6.45, 7) is 4.71. The number of piperidine rings is 1. The van der Waals surface area contributed by atoms with Crippen molar-refractivity contribution in [1.82, 2.24) is 14.5 Å². The molecule has 0 atom stereocenters. The van der Waals surface area contributed by atoms with Gasteiger partial charge in [-0.15, -0.1) is 12.4 Å². The first-order valence-electron chi connectivity index (χ1n) is 9.45.